The van der Waals surface area contributed by atoms with Crippen LogP contribution in [-0.4, -0.2) is 32.2 Å². The quantitative estimate of drug-likeness (QED) is 0.862. The van der Waals surface area contributed by atoms with Crippen molar-refractivity contribution in [2.45, 2.75) is 61.8 Å². The Hall–Kier alpha value is -0.750. The van der Waals surface area contributed by atoms with Gasteiger partial charge in [0.1, 0.15) is 0 Å². The maximum Gasteiger partial charge on any atom is 0.222 e. The summed E-state index contributed by atoms with van der Waals surface area (Å²) < 4.78 is 8.18. The van der Waals surface area contributed by atoms with E-state index in [0.717, 1.165) is 10.9 Å². The minimum absolute atomic E-state index is 0.211. The van der Waals surface area contributed by atoms with Crippen LogP contribution < -0.4 is 5.73 Å². The van der Waals surface area contributed by atoms with Gasteiger partial charge in [-0.2, -0.15) is 0 Å². The van der Waals surface area contributed by atoms with E-state index in [1.165, 1.54) is 44.9 Å². The Bertz CT molecular complexity index is 442. The molecule has 1 spiro atoms. The minimum atomic E-state index is 0.211. The van der Waals surface area contributed by atoms with Crippen molar-refractivity contribution in [3.63, 3.8) is 0 Å². The molecule has 1 saturated heterocycles. The van der Waals surface area contributed by atoms with Crippen LogP contribution >= 0.6 is 11.8 Å². The highest BCUT2D eigenvalue weighted by Gasteiger charge is 2.40. The van der Waals surface area contributed by atoms with Gasteiger partial charge in [0.15, 0.2) is 5.16 Å². The standard InChI is InChI=1S/C13H22N4OS/c1-17-11(14)15-16-12(17)19-9-10-5-8-13(18-10)6-3-2-4-7-13/h10H,2-9H2,1H3,(H2,14,15). The van der Waals surface area contributed by atoms with Gasteiger partial charge in [0.05, 0.1) is 11.7 Å². The predicted molar refractivity (Wildman–Crippen MR) is 76.1 cm³/mol. The number of nitrogens with zero attached hydrogens (tertiary/aromatic N) is 3. The molecule has 5 nitrogen and oxygen atoms in total. The van der Waals surface area contributed by atoms with Crippen LogP contribution in [0, 0.1) is 0 Å². The first-order chi connectivity index (χ1) is 9.19. The number of nitrogen functional groups attached to an aromatic ring is 1. The van der Waals surface area contributed by atoms with Crippen molar-refractivity contribution >= 4 is 17.7 Å². The van der Waals surface area contributed by atoms with E-state index in [9.17, 15) is 0 Å². The maximum absolute atomic E-state index is 6.35. The monoisotopic (exact) mass is 282 g/mol. The lowest BCUT2D eigenvalue weighted by Gasteiger charge is -2.33. The summed E-state index contributed by atoms with van der Waals surface area (Å²) in [6, 6.07) is 0. The van der Waals surface area contributed by atoms with Gasteiger partial charge in [-0.1, -0.05) is 31.0 Å². The van der Waals surface area contributed by atoms with Gasteiger partial charge in [-0.15, -0.1) is 10.2 Å². The second-order valence-corrected chi connectivity index (χ2v) is 6.72. The molecule has 2 aliphatic rings. The number of anilines is 1. The average molecular weight is 282 g/mol. The summed E-state index contributed by atoms with van der Waals surface area (Å²) in [5.74, 6) is 1.42. The van der Waals surface area contributed by atoms with Crippen LogP contribution in [0.4, 0.5) is 5.95 Å². The first kappa shape index (κ1) is 13.2. The molecule has 3 rings (SSSR count). The first-order valence-corrected chi connectivity index (χ1v) is 8.13. The molecule has 106 valence electrons. The van der Waals surface area contributed by atoms with Crippen LogP contribution in [0.3, 0.4) is 0 Å². The number of thioether (sulfide) groups is 1. The highest BCUT2D eigenvalue weighted by Crippen LogP contribution is 2.42. The molecule has 1 aliphatic heterocycles. The average Bonchev–Trinajstić information content (AvgIpc) is 2.95. The molecule has 2 heterocycles. The molecule has 1 saturated carbocycles. The molecule has 2 fully saturated rings. The Labute approximate surface area is 118 Å². The summed E-state index contributed by atoms with van der Waals surface area (Å²) in [6.45, 7) is 0. The lowest BCUT2D eigenvalue weighted by atomic mass is 9.83. The van der Waals surface area contributed by atoms with E-state index >= 15 is 0 Å². The molecule has 2 N–H and O–H groups in total. The Morgan fingerprint density at radius 3 is 2.79 bits per heavy atom. The van der Waals surface area contributed by atoms with E-state index in [1.54, 1.807) is 11.8 Å². The molecule has 1 unspecified atom stereocenters. The fourth-order valence-corrected chi connectivity index (χ4v) is 4.15. The Kier molecular flexibility index (Phi) is 3.71. The van der Waals surface area contributed by atoms with Crippen molar-refractivity contribution in [1.82, 2.24) is 14.8 Å². The molecular weight excluding hydrogens is 260 g/mol. The number of rotatable bonds is 3. The Balaban J connectivity index is 1.53. The second-order valence-electron chi connectivity index (χ2n) is 5.73. The van der Waals surface area contributed by atoms with Crippen LogP contribution in [0.15, 0.2) is 5.16 Å². The smallest absolute Gasteiger partial charge is 0.222 e. The normalized spacial score (nSPS) is 26.1. The molecule has 0 aromatic carbocycles. The summed E-state index contributed by atoms with van der Waals surface area (Å²) >= 11 is 1.70. The Morgan fingerprint density at radius 2 is 2.11 bits per heavy atom. The molecule has 0 amide bonds. The zero-order valence-electron chi connectivity index (χ0n) is 11.5. The highest BCUT2D eigenvalue weighted by atomic mass is 32.2. The van der Waals surface area contributed by atoms with Crippen LogP contribution in [0.25, 0.3) is 0 Å². The maximum atomic E-state index is 6.35. The predicted octanol–water partition coefficient (Wildman–Crippen LogP) is 2.37. The van der Waals surface area contributed by atoms with E-state index in [2.05, 4.69) is 10.2 Å². The second kappa shape index (κ2) is 5.32. The topological polar surface area (TPSA) is 66.0 Å². The zero-order valence-corrected chi connectivity index (χ0v) is 12.3. The number of hydrogen-bond donors (Lipinski definition) is 1. The van der Waals surface area contributed by atoms with Crippen LogP contribution in [0.5, 0.6) is 0 Å². The summed E-state index contributed by atoms with van der Waals surface area (Å²) in [6.07, 6.45) is 9.33. The number of ether oxygens (including phenoxy) is 1. The first-order valence-electron chi connectivity index (χ1n) is 7.14. The van der Waals surface area contributed by atoms with Crippen molar-refractivity contribution in [3.05, 3.63) is 0 Å². The summed E-state index contributed by atoms with van der Waals surface area (Å²) in [5.41, 5.74) is 5.89. The van der Waals surface area contributed by atoms with Crippen molar-refractivity contribution in [1.29, 1.82) is 0 Å². The third kappa shape index (κ3) is 2.74. The molecule has 1 aromatic heterocycles. The third-order valence-electron chi connectivity index (χ3n) is 4.37. The van der Waals surface area contributed by atoms with Crippen LogP contribution in [0.2, 0.25) is 0 Å². The number of aromatic nitrogens is 3. The van der Waals surface area contributed by atoms with E-state index < -0.39 is 0 Å². The zero-order chi connectivity index (χ0) is 13.3. The molecule has 0 bridgehead atoms. The molecule has 0 radical (unpaired) electrons. The molecular formula is C13H22N4OS. The SMILES string of the molecule is Cn1c(N)nnc1SCC1CCC2(CCCCC2)O1. The molecule has 19 heavy (non-hydrogen) atoms. The van der Waals surface area contributed by atoms with Crippen LogP contribution in [-0.2, 0) is 11.8 Å². The Morgan fingerprint density at radius 1 is 1.32 bits per heavy atom. The van der Waals surface area contributed by atoms with Gasteiger partial charge in [-0.25, -0.2) is 0 Å². The minimum Gasteiger partial charge on any atom is -0.371 e. The van der Waals surface area contributed by atoms with E-state index in [0.29, 0.717) is 12.1 Å². The number of nitrogens with two attached hydrogens (primary N) is 1. The fraction of sp³-hybridized carbons (Fsp3) is 0.846. The van der Waals surface area contributed by atoms with Crippen molar-refractivity contribution in [2.75, 3.05) is 11.5 Å². The van der Waals surface area contributed by atoms with E-state index in [-0.39, 0.29) is 5.60 Å². The van der Waals surface area contributed by atoms with E-state index in [1.807, 2.05) is 11.6 Å². The van der Waals surface area contributed by atoms with Crippen molar-refractivity contribution < 1.29 is 4.74 Å². The molecule has 1 aromatic rings. The van der Waals surface area contributed by atoms with Crippen LogP contribution in [0.1, 0.15) is 44.9 Å². The molecule has 1 atom stereocenters. The van der Waals surface area contributed by atoms with Crippen molar-refractivity contribution in [2.24, 2.45) is 7.05 Å². The van der Waals surface area contributed by atoms with Gasteiger partial charge in [0.25, 0.3) is 0 Å². The largest absolute Gasteiger partial charge is 0.371 e. The van der Waals surface area contributed by atoms with Gasteiger partial charge in [0.2, 0.25) is 5.95 Å². The fourth-order valence-electron chi connectivity index (χ4n) is 3.20. The van der Waals surface area contributed by atoms with Gasteiger partial charge in [0, 0.05) is 12.8 Å². The molecule has 1 aliphatic carbocycles. The summed E-state index contributed by atoms with van der Waals surface area (Å²) in [4.78, 5) is 0. The molecule has 6 heteroatoms. The van der Waals surface area contributed by atoms with Gasteiger partial charge in [-0.05, 0) is 25.7 Å². The number of hydrogen-bond acceptors (Lipinski definition) is 5. The summed E-state index contributed by atoms with van der Waals surface area (Å²) in [5, 5.41) is 8.83. The highest BCUT2D eigenvalue weighted by molar-refractivity contribution is 7.99. The summed E-state index contributed by atoms with van der Waals surface area (Å²) in [7, 11) is 1.90. The third-order valence-corrected chi connectivity index (χ3v) is 5.52. The van der Waals surface area contributed by atoms with E-state index in [4.69, 9.17) is 10.5 Å². The van der Waals surface area contributed by atoms with Gasteiger partial charge < -0.3 is 10.5 Å². The van der Waals surface area contributed by atoms with Crippen molar-refractivity contribution in [3.8, 4) is 0 Å². The van der Waals surface area contributed by atoms with Gasteiger partial charge in [-0.3, -0.25) is 4.57 Å². The lowest BCUT2D eigenvalue weighted by Crippen LogP contribution is -2.32. The van der Waals surface area contributed by atoms with Gasteiger partial charge >= 0.3 is 0 Å². The lowest BCUT2D eigenvalue weighted by molar-refractivity contribution is -0.0555.